The van der Waals surface area contributed by atoms with E-state index in [1.807, 2.05) is 27.7 Å². The van der Waals surface area contributed by atoms with Crippen molar-refractivity contribution in [3.8, 4) is 0 Å². The largest absolute Gasteiger partial charge is 0.481 e. The highest BCUT2D eigenvalue weighted by molar-refractivity contribution is 7.98. The zero-order valence-corrected chi connectivity index (χ0v) is 60.7. The highest BCUT2D eigenvalue weighted by Gasteiger charge is 2.37. The molecule has 0 unspecified atom stereocenters. The highest BCUT2D eigenvalue weighted by Crippen LogP contribution is 2.21. The zero-order chi connectivity index (χ0) is 75.7. The lowest BCUT2D eigenvalue weighted by Gasteiger charge is -2.29. The molecule has 33 heteroatoms. The van der Waals surface area contributed by atoms with Crippen molar-refractivity contribution in [3.05, 3.63) is 36.0 Å². The van der Waals surface area contributed by atoms with Crippen LogP contribution in [0.25, 0.3) is 10.9 Å². The number of carbonyl (C=O) groups is 13. The third-order valence-electron chi connectivity index (χ3n) is 16.6. The Labute approximate surface area is 597 Å². The minimum atomic E-state index is -1.66. The number of H-pyrrole nitrogens is 1. The second-order valence-corrected chi connectivity index (χ2v) is 27.9. The molecule has 0 saturated heterocycles. The Morgan fingerprint density at radius 3 is 1.10 bits per heavy atom. The molecule has 2 aromatic rings. The summed E-state index contributed by atoms with van der Waals surface area (Å²) in [5.41, 5.74) is 36.1. The number of primary amides is 1. The molecule has 0 spiro atoms. The minimum absolute atomic E-state index is 0.00550. The summed E-state index contributed by atoms with van der Waals surface area (Å²) in [6, 6.07) is -7.69. The fourth-order valence-corrected chi connectivity index (χ4v) is 11.6. The van der Waals surface area contributed by atoms with Gasteiger partial charge in [0.2, 0.25) is 65.0 Å². The second-order valence-electron chi connectivity index (χ2n) is 26.9. The van der Waals surface area contributed by atoms with Gasteiger partial charge in [0.1, 0.15) is 60.4 Å². The molecule has 0 saturated carbocycles. The monoisotopic (exact) mass is 1440 g/mol. The van der Waals surface area contributed by atoms with Crippen LogP contribution in [0.2, 0.25) is 0 Å². The van der Waals surface area contributed by atoms with Crippen LogP contribution < -0.4 is 87.6 Å². The Balaban J connectivity index is 2.63. The number of aromatic nitrogens is 1. The molecule has 25 N–H and O–H groups in total. The number of aliphatic carboxylic acids is 2. The van der Waals surface area contributed by atoms with Gasteiger partial charge in [-0.1, -0.05) is 59.7 Å². The summed E-state index contributed by atoms with van der Waals surface area (Å²) in [4.78, 5) is 183. The number of carboxylic acids is 2. The number of amides is 11. The van der Waals surface area contributed by atoms with Gasteiger partial charge in [-0.05, 0) is 183 Å². The number of benzene rings is 1. The van der Waals surface area contributed by atoms with Crippen LogP contribution in [0.15, 0.2) is 30.5 Å². The fraction of sp³-hybridized carbons (Fsp3) is 0.691. The SMILES string of the molecule is CSCC[C@H](NC(=O)[C@H](CCCCN)NC(=O)[C@H](CCCCN)NC(=O)[C@H](CC(C)C)NC(=O)[C@H](CCCCN)NC(=O)[C@H](CCCCN)NC(=O)[C@H](CC(C)C)NC(=O)[C@H](Cc1c[nH]c2ccccc12)NC(=O)[C@H](CCC(=O)O)NC(=O)[C@H](CCC(N)=O)NC(=O)[C@@H](N)CC(C)C)C(=O)O. The van der Waals surface area contributed by atoms with Gasteiger partial charge in [-0.3, -0.25) is 57.5 Å². The molecule has 0 bridgehead atoms. The van der Waals surface area contributed by atoms with E-state index in [9.17, 15) is 72.5 Å². The van der Waals surface area contributed by atoms with Crippen LogP contribution in [-0.2, 0) is 68.7 Å². The molecule has 1 heterocycles. The number of hydrogen-bond acceptors (Lipinski definition) is 19. The van der Waals surface area contributed by atoms with Gasteiger partial charge in [-0.2, -0.15) is 11.8 Å². The maximum atomic E-state index is 15.0. The van der Waals surface area contributed by atoms with Gasteiger partial charge in [-0.25, -0.2) is 4.79 Å². The highest BCUT2D eigenvalue weighted by atomic mass is 32.2. The average Bonchev–Trinajstić information content (AvgIpc) is 1.73. The van der Waals surface area contributed by atoms with E-state index in [-0.39, 0.29) is 108 Å². The third kappa shape index (κ3) is 35.0. The number of hydrogen-bond donors (Lipinski definition) is 19. The first kappa shape index (κ1) is 89.1. The molecular formula is C68H117N17O15S. The number of nitrogens with two attached hydrogens (primary N) is 6. The van der Waals surface area contributed by atoms with E-state index < -0.39 is 156 Å². The van der Waals surface area contributed by atoms with Crippen molar-refractivity contribution in [1.82, 2.24) is 58.2 Å². The van der Waals surface area contributed by atoms with E-state index in [1.54, 1.807) is 50.6 Å². The Morgan fingerprint density at radius 2 is 0.743 bits per heavy atom. The Kier molecular flexibility index (Phi) is 43.0. The minimum Gasteiger partial charge on any atom is -0.481 e. The lowest BCUT2D eigenvalue weighted by atomic mass is 9.99. The summed E-state index contributed by atoms with van der Waals surface area (Å²) in [6.07, 6.45) is 5.12. The Bertz CT molecular complexity index is 2970. The number of rotatable bonds is 54. The van der Waals surface area contributed by atoms with Crippen LogP contribution in [0.1, 0.15) is 176 Å². The maximum Gasteiger partial charge on any atom is 0.326 e. The molecule has 1 aromatic carbocycles. The molecule has 32 nitrogen and oxygen atoms in total. The number of thioether (sulfide) groups is 1. The van der Waals surface area contributed by atoms with Gasteiger partial charge in [0, 0.05) is 36.4 Å². The summed E-state index contributed by atoms with van der Waals surface area (Å²) in [6.45, 7) is 11.8. The zero-order valence-electron chi connectivity index (χ0n) is 59.9. The normalized spacial score (nSPS) is 14.7. The second kappa shape index (κ2) is 48.8. The first-order chi connectivity index (χ1) is 47.9. The Morgan fingerprint density at radius 1 is 0.416 bits per heavy atom. The predicted octanol–water partition coefficient (Wildman–Crippen LogP) is -0.492. The average molecular weight is 1440 g/mol. The first-order valence-corrected chi connectivity index (χ1v) is 36.7. The van der Waals surface area contributed by atoms with Crippen LogP contribution in [0.4, 0.5) is 0 Å². The van der Waals surface area contributed by atoms with Crippen molar-refractivity contribution < 1.29 is 72.5 Å². The molecular weight excluding hydrogens is 1330 g/mol. The summed E-state index contributed by atoms with van der Waals surface area (Å²) < 4.78 is 0. The summed E-state index contributed by atoms with van der Waals surface area (Å²) in [5.74, 6) is -11.8. The number of fused-ring (bicyclic) bond motifs is 1. The quantitative estimate of drug-likeness (QED) is 0.0372. The molecule has 2 rings (SSSR count). The van der Waals surface area contributed by atoms with Gasteiger partial charge >= 0.3 is 11.9 Å². The molecule has 11 atom stereocenters. The molecule has 101 heavy (non-hydrogen) atoms. The van der Waals surface area contributed by atoms with Crippen molar-refractivity contribution >= 4 is 99.6 Å². The van der Waals surface area contributed by atoms with Crippen molar-refractivity contribution in [2.45, 2.75) is 243 Å². The topological polar surface area (TPSA) is 555 Å². The summed E-state index contributed by atoms with van der Waals surface area (Å²) in [7, 11) is 0. The number of unbranched alkanes of at least 4 members (excludes halogenated alkanes) is 4. The van der Waals surface area contributed by atoms with E-state index in [2.05, 4.69) is 58.2 Å². The molecule has 570 valence electrons. The van der Waals surface area contributed by atoms with Crippen LogP contribution >= 0.6 is 11.8 Å². The molecule has 0 aliphatic rings. The van der Waals surface area contributed by atoms with E-state index >= 15 is 0 Å². The van der Waals surface area contributed by atoms with Crippen molar-refractivity contribution in [1.29, 1.82) is 0 Å². The standard InChI is InChI=1S/C68H117N17O15S/c1-39(2)34-44(73)58(89)76-50(24-26-56(74)86)63(94)81-51(25-27-57(87)88)64(95)85-55(37-42-38-75-45-19-9-8-18-43(42)45)67(98)84-54(36-41(5)6)66(97)80-47(21-11-15-30-70)60(91)78-49(23-13-17-32-72)62(93)83-53(35-40(3)4)65(96)79-46(20-10-14-29-69)59(90)77-48(22-12-16-31-71)61(92)82-52(68(99)100)28-33-101-7/h8-9,18-19,38-41,44,46-55,75H,10-17,20-37,69-73H2,1-7H3,(H2,74,86)(H,76,89)(H,77,90)(H,78,91)(H,79,96)(H,80,97)(H,81,94)(H,82,92)(H,83,93)(H,84,98)(H,85,95)(H,87,88)(H,99,100)/t44-,46-,47-,48-,49-,50-,51-,52-,53-,54-,55-/m0/s1. The number of aromatic amines is 1. The third-order valence-corrected chi connectivity index (χ3v) is 17.3. The summed E-state index contributed by atoms with van der Waals surface area (Å²) in [5, 5.41) is 47.1. The summed E-state index contributed by atoms with van der Waals surface area (Å²) >= 11 is 1.40. The lowest BCUT2D eigenvalue weighted by molar-refractivity contribution is -0.142. The van der Waals surface area contributed by atoms with Crippen LogP contribution in [0.5, 0.6) is 0 Å². The molecule has 11 amide bonds. The number of carbonyl (C=O) groups excluding carboxylic acids is 11. The first-order valence-electron chi connectivity index (χ1n) is 35.3. The molecule has 0 aliphatic heterocycles. The molecule has 0 radical (unpaired) electrons. The van der Waals surface area contributed by atoms with Crippen molar-refractivity contribution in [2.24, 2.45) is 52.2 Å². The number of para-hydroxylation sites is 1. The van der Waals surface area contributed by atoms with Gasteiger partial charge < -0.3 is 103 Å². The van der Waals surface area contributed by atoms with E-state index in [0.717, 1.165) is 0 Å². The van der Waals surface area contributed by atoms with Gasteiger partial charge in [0.25, 0.3) is 0 Å². The van der Waals surface area contributed by atoms with Gasteiger partial charge in [0.05, 0.1) is 6.04 Å². The van der Waals surface area contributed by atoms with Crippen LogP contribution in [-0.4, -0.2) is 197 Å². The number of carboxylic acid groups (broad SMARTS) is 2. The van der Waals surface area contributed by atoms with Crippen molar-refractivity contribution in [3.63, 3.8) is 0 Å². The van der Waals surface area contributed by atoms with Crippen LogP contribution in [0, 0.1) is 17.8 Å². The van der Waals surface area contributed by atoms with Crippen LogP contribution in [0.3, 0.4) is 0 Å². The molecule has 0 fully saturated rings. The molecule has 1 aromatic heterocycles. The smallest absolute Gasteiger partial charge is 0.326 e. The molecule has 0 aliphatic carbocycles. The van der Waals surface area contributed by atoms with Crippen molar-refractivity contribution in [2.75, 3.05) is 38.2 Å². The predicted molar refractivity (Wildman–Crippen MR) is 385 cm³/mol. The van der Waals surface area contributed by atoms with Gasteiger partial charge in [0.15, 0.2) is 0 Å². The lowest BCUT2D eigenvalue weighted by Crippen LogP contribution is -2.61. The Hall–Kier alpha value is -7.98. The van der Waals surface area contributed by atoms with E-state index in [0.29, 0.717) is 80.1 Å². The van der Waals surface area contributed by atoms with Gasteiger partial charge in [-0.15, -0.1) is 0 Å². The fourth-order valence-electron chi connectivity index (χ4n) is 11.1. The maximum absolute atomic E-state index is 15.0. The van der Waals surface area contributed by atoms with E-state index in [1.165, 1.54) is 11.8 Å². The van der Waals surface area contributed by atoms with E-state index in [4.69, 9.17) is 34.4 Å². The number of nitrogens with one attached hydrogen (secondary N) is 11.